The molecule has 1 unspecified atom stereocenters. The molecule has 1 N–H and O–H groups in total. The summed E-state index contributed by atoms with van der Waals surface area (Å²) in [7, 11) is 1.92. The summed E-state index contributed by atoms with van der Waals surface area (Å²) in [5.74, 6) is -4.04. The van der Waals surface area contributed by atoms with Gasteiger partial charge in [0.25, 0.3) is 0 Å². The lowest BCUT2D eigenvalue weighted by Gasteiger charge is -2.29. The van der Waals surface area contributed by atoms with Crippen molar-refractivity contribution in [2.45, 2.75) is 6.10 Å². The number of rotatable bonds is 4. The Bertz CT molecular complexity index is 486. The minimum atomic E-state index is -1.40. The van der Waals surface area contributed by atoms with Gasteiger partial charge < -0.3 is 19.5 Å². The number of hydrogen-bond acceptors (Lipinski definition) is 4. The molecule has 0 radical (unpaired) electrons. The molecule has 1 atom stereocenters. The van der Waals surface area contributed by atoms with Crippen LogP contribution in [-0.4, -0.2) is 55.4 Å². The van der Waals surface area contributed by atoms with Crippen LogP contribution < -0.4 is 4.74 Å². The topological polar surface area (TPSA) is 59.0 Å². The Hall–Kier alpha value is -1.73. The average molecular weight is 287 g/mol. The second kappa shape index (κ2) is 6.15. The minimum Gasteiger partial charge on any atom is -0.485 e. The molecule has 0 bridgehead atoms. The lowest BCUT2D eigenvalue weighted by atomic mass is 10.2. The molecule has 0 aromatic heterocycles. The number of ether oxygens (including phenoxy) is 2. The Labute approximate surface area is 114 Å². The quantitative estimate of drug-likeness (QED) is 0.906. The lowest BCUT2D eigenvalue weighted by molar-refractivity contribution is -0.0413. The first-order valence-corrected chi connectivity index (χ1v) is 6.12. The number of benzene rings is 1. The molecule has 1 aliphatic rings. The van der Waals surface area contributed by atoms with Crippen LogP contribution in [0.3, 0.4) is 0 Å². The minimum absolute atomic E-state index is 0.00456. The number of carbonyl (C=O) groups is 1. The van der Waals surface area contributed by atoms with Crippen molar-refractivity contribution in [3.63, 3.8) is 0 Å². The molecule has 1 saturated heterocycles. The number of nitrogens with zero attached hydrogens (tertiary/aromatic N) is 1. The van der Waals surface area contributed by atoms with E-state index in [9.17, 15) is 13.6 Å². The number of hydrogen-bond donors (Lipinski definition) is 1. The zero-order valence-electron chi connectivity index (χ0n) is 10.9. The van der Waals surface area contributed by atoms with Gasteiger partial charge in [0.15, 0.2) is 17.4 Å². The van der Waals surface area contributed by atoms with Gasteiger partial charge in [-0.05, 0) is 19.2 Å². The van der Waals surface area contributed by atoms with E-state index in [1.165, 1.54) is 0 Å². The third-order valence-corrected chi connectivity index (χ3v) is 3.00. The highest BCUT2D eigenvalue weighted by Gasteiger charge is 2.21. The number of morpholine rings is 1. The van der Waals surface area contributed by atoms with Crippen LogP contribution in [0.5, 0.6) is 5.75 Å². The molecule has 1 aromatic carbocycles. The van der Waals surface area contributed by atoms with Crippen LogP contribution in [0.2, 0.25) is 0 Å². The fourth-order valence-electron chi connectivity index (χ4n) is 1.97. The third-order valence-electron chi connectivity index (χ3n) is 3.00. The molecule has 1 heterocycles. The highest BCUT2D eigenvalue weighted by molar-refractivity contribution is 5.87. The Balaban J connectivity index is 2.04. The molecule has 2 rings (SSSR count). The number of halogens is 2. The van der Waals surface area contributed by atoms with Crippen molar-refractivity contribution in [1.82, 2.24) is 4.90 Å². The first-order chi connectivity index (χ1) is 9.47. The summed E-state index contributed by atoms with van der Waals surface area (Å²) in [6.45, 7) is 1.95. The average Bonchev–Trinajstić information content (AvgIpc) is 2.37. The van der Waals surface area contributed by atoms with E-state index < -0.39 is 28.9 Å². The molecular formula is C13H15F2NO4. The van der Waals surface area contributed by atoms with Gasteiger partial charge in [-0.3, -0.25) is 0 Å². The molecule has 7 heteroatoms. The highest BCUT2D eigenvalue weighted by atomic mass is 19.1. The van der Waals surface area contributed by atoms with Crippen LogP contribution in [-0.2, 0) is 4.74 Å². The van der Waals surface area contributed by atoms with Crippen LogP contribution >= 0.6 is 0 Å². The molecule has 110 valence electrons. The summed E-state index contributed by atoms with van der Waals surface area (Å²) in [5.41, 5.74) is -0.457. The lowest BCUT2D eigenvalue weighted by Crippen LogP contribution is -2.42. The van der Waals surface area contributed by atoms with Gasteiger partial charge in [-0.25, -0.2) is 13.6 Å². The van der Waals surface area contributed by atoms with Gasteiger partial charge in [-0.1, -0.05) is 0 Å². The predicted octanol–water partition coefficient (Wildman–Crippen LogP) is 1.37. The summed E-state index contributed by atoms with van der Waals surface area (Å²) < 4.78 is 37.7. The molecule has 0 saturated carbocycles. The van der Waals surface area contributed by atoms with E-state index in [-0.39, 0.29) is 12.7 Å². The first kappa shape index (κ1) is 14.7. The standard InChI is InChI=1S/C13H15F2NO4/c1-16-2-3-19-9(6-16)7-20-12-10(14)4-8(13(17)18)5-11(12)15/h4-5,9H,2-3,6-7H2,1H3,(H,17,18). The molecule has 1 aliphatic heterocycles. The van der Waals surface area contributed by atoms with Crippen LogP contribution in [0.4, 0.5) is 8.78 Å². The Kier molecular flexibility index (Phi) is 4.51. The summed E-state index contributed by atoms with van der Waals surface area (Å²) in [4.78, 5) is 12.7. The monoisotopic (exact) mass is 287 g/mol. The van der Waals surface area contributed by atoms with E-state index in [2.05, 4.69) is 0 Å². The molecule has 1 fully saturated rings. The van der Waals surface area contributed by atoms with Gasteiger partial charge in [-0.15, -0.1) is 0 Å². The van der Waals surface area contributed by atoms with Crippen LogP contribution in [0, 0.1) is 11.6 Å². The Morgan fingerprint density at radius 3 is 2.70 bits per heavy atom. The molecule has 20 heavy (non-hydrogen) atoms. The zero-order chi connectivity index (χ0) is 14.7. The molecule has 0 amide bonds. The SMILES string of the molecule is CN1CCOC(COc2c(F)cc(C(=O)O)cc2F)C1. The largest absolute Gasteiger partial charge is 0.485 e. The number of aromatic carboxylic acids is 1. The maximum atomic E-state index is 13.6. The van der Waals surface area contributed by atoms with E-state index in [0.29, 0.717) is 13.2 Å². The fraction of sp³-hybridized carbons (Fsp3) is 0.462. The summed E-state index contributed by atoms with van der Waals surface area (Å²) in [6.07, 6.45) is -0.272. The maximum Gasteiger partial charge on any atom is 0.335 e. The smallest absolute Gasteiger partial charge is 0.335 e. The summed E-state index contributed by atoms with van der Waals surface area (Å²) in [6, 6.07) is 1.46. The highest BCUT2D eigenvalue weighted by Crippen LogP contribution is 2.24. The molecular weight excluding hydrogens is 272 g/mol. The molecule has 0 aliphatic carbocycles. The molecule has 1 aromatic rings. The van der Waals surface area contributed by atoms with Crippen LogP contribution in [0.1, 0.15) is 10.4 Å². The van der Waals surface area contributed by atoms with E-state index in [1.807, 2.05) is 11.9 Å². The molecule has 5 nitrogen and oxygen atoms in total. The number of carboxylic acid groups (broad SMARTS) is 1. The second-order valence-electron chi connectivity index (χ2n) is 4.64. The van der Waals surface area contributed by atoms with Crippen molar-refractivity contribution in [3.05, 3.63) is 29.3 Å². The van der Waals surface area contributed by atoms with Gasteiger partial charge in [0.05, 0.1) is 12.2 Å². The number of carboxylic acids is 1. The van der Waals surface area contributed by atoms with Crippen molar-refractivity contribution < 1.29 is 28.2 Å². The predicted molar refractivity (Wildman–Crippen MR) is 66.0 cm³/mol. The van der Waals surface area contributed by atoms with Gasteiger partial charge in [0.1, 0.15) is 12.7 Å². The van der Waals surface area contributed by atoms with E-state index >= 15 is 0 Å². The van der Waals surface area contributed by atoms with Crippen molar-refractivity contribution in [3.8, 4) is 5.75 Å². The third kappa shape index (κ3) is 3.43. The van der Waals surface area contributed by atoms with Gasteiger partial charge in [-0.2, -0.15) is 0 Å². The Morgan fingerprint density at radius 2 is 2.15 bits per heavy atom. The van der Waals surface area contributed by atoms with Crippen LogP contribution in [0.15, 0.2) is 12.1 Å². The zero-order valence-corrected chi connectivity index (χ0v) is 10.9. The van der Waals surface area contributed by atoms with Crippen LogP contribution in [0.25, 0.3) is 0 Å². The van der Waals surface area contributed by atoms with E-state index in [1.54, 1.807) is 0 Å². The number of likely N-dealkylation sites (N-methyl/N-ethyl adjacent to an activating group) is 1. The fourth-order valence-corrected chi connectivity index (χ4v) is 1.97. The second-order valence-corrected chi connectivity index (χ2v) is 4.64. The summed E-state index contributed by atoms with van der Waals surface area (Å²) in [5, 5.41) is 8.69. The van der Waals surface area contributed by atoms with E-state index in [4.69, 9.17) is 14.6 Å². The van der Waals surface area contributed by atoms with Gasteiger partial charge in [0.2, 0.25) is 0 Å². The normalized spacial score (nSPS) is 19.9. The van der Waals surface area contributed by atoms with E-state index in [0.717, 1.165) is 18.7 Å². The first-order valence-electron chi connectivity index (χ1n) is 6.12. The van der Waals surface area contributed by atoms with Crippen molar-refractivity contribution in [1.29, 1.82) is 0 Å². The molecule has 0 spiro atoms. The van der Waals surface area contributed by atoms with Gasteiger partial charge in [0, 0.05) is 13.1 Å². The van der Waals surface area contributed by atoms with Crippen molar-refractivity contribution in [2.75, 3.05) is 33.4 Å². The maximum absolute atomic E-state index is 13.6. The summed E-state index contributed by atoms with van der Waals surface area (Å²) >= 11 is 0. The van der Waals surface area contributed by atoms with Crippen molar-refractivity contribution >= 4 is 5.97 Å². The van der Waals surface area contributed by atoms with Crippen molar-refractivity contribution in [2.24, 2.45) is 0 Å². The van der Waals surface area contributed by atoms with Gasteiger partial charge >= 0.3 is 5.97 Å². The Morgan fingerprint density at radius 1 is 1.50 bits per heavy atom.